The van der Waals surface area contributed by atoms with Gasteiger partial charge in [0.1, 0.15) is 12.2 Å². The number of primary amides is 1. The first-order chi connectivity index (χ1) is 6.81. The zero-order valence-electron chi connectivity index (χ0n) is 9.33. The van der Waals surface area contributed by atoms with Gasteiger partial charge in [0.05, 0.1) is 6.42 Å². The van der Waals surface area contributed by atoms with Gasteiger partial charge in [-0.05, 0) is 20.8 Å². The number of nitrogens with two attached hydrogens (primary N) is 1. The fourth-order valence-corrected chi connectivity index (χ4v) is 0.740. The Morgan fingerprint density at radius 1 is 1.33 bits per heavy atom. The topological polar surface area (TPSA) is 90.7 Å². The van der Waals surface area contributed by atoms with Crippen LogP contribution in [0.4, 0.5) is 0 Å². The molecule has 0 aromatic carbocycles. The Morgan fingerprint density at radius 2 is 1.93 bits per heavy atom. The van der Waals surface area contributed by atoms with Crippen LogP contribution in [0.1, 0.15) is 27.2 Å². The van der Waals surface area contributed by atoms with E-state index in [2.05, 4.69) is 10.3 Å². The number of rotatable bonds is 6. The second kappa shape index (κ2) is 6.36. The lowest BCUT2D eigenvalue weighted by atomic mass is 10.2. The number of hydroxylamine groups is 1. The molecule has 0 spiro atoms. The summed E-state index contributed by atoms with van der Waals surface area (Å²) in [6.45, 7) is 5.45. The minimum Gasteiger partial charge on any atom is -0.460 e. The van der Waals surface area contributed by atoms with Gasteiger partial charge in [-0.1, -0.05) is 0 Å². The van der Waals surface area contributed by atoms with Gasteiger partial charge in [0, 0.05) is 6.54 Å². The predicted octanol–water partition coefficient (Wildman–Crippen LogP) is -0.275. The maximum Gasteiger partial charge on any atom is 0.307 e. The van der Waals surface area contributed by atoms with Crippen LogP contribution in [0.2, 0.25) is 0 Å². The van der Waals surface area contributed by atoms with E-state index >= 15 is 0 Å². The Kier molecular flexibility index (Phi) is 5.88. The van der Waals surface area contributed by atoms with Gasteiger partial charge in [-0.3, -0.25) is 14.4 Å². The summed E-state index contributed by atoms with van der Waals surface area (Å²) in [6.07, 6.45) is 0.177. The normalized spacial score (nSPS) is 11.1. The van der Waals surface area contributed by atoms with Crippen molar-refractivity contribution in [2.24, 2.45) is 5.73 Å². The molecule has 6 nitrogen and oxygen atoms in total. The molecule has 0 aromatic heterocycles. The van der Waals surface area contributed by atoms with Crippen LogP contribution in [0.15, 0.2) is 0 Å². The van der Waals surface area contributed by atoms with E-state index in [9.17, 15) is 9.59 Å². The van der Waals surface area contributed by atoms with E-state index < -0.39 is 11.5 Å². The molecule has 6 heteroatoms. The van der Waals surface area contributed by atoms with Crippen LogP contribution >= 0.6 is 0 Å². The van der Waals surface area contributed by atoms with Crippen LogP contribution in [-0.4, -0.2) is 30.6 Å². The number of amides is 1. The summed E-state index contributed by atoms with van der Waals surface area (Å²) in [6, 6.07) is 0. The third kappa shape index (κ3) is 10.8. The predicted molar refractivity (Wildman–Crippen MR) is 53.6 cm³/mol. The summed E-state index contributed by atoms with van der Waals surface area (Å²) < 4.78 is 5.04. The minimum absolute atomic E-state index is 0.177. The van der Waals surface area contributed by atoms with E-state index in [0.29, 0.717) is 0 Å². The fraction of sp³-hybridized carbons (Fsp3) is 0.778. The summed E-state index contributed by atoms with van der Waals surface area (Å²) in [4.78, 5) is 26.0. The summed E-state index contributed by atoms with van der Waals surface area (Å²) in [5, 5.41) is 0. The largest absolute Gasteiger partial charge is 0.460 e. The average Bonchev–Trinajstić information content (AvgIpc) is 1.99. The number of carbonyl (C=O) groups excluding carboxylic acids is 2. The molecule has 88 valence electrons. The van der Waals surface area contributed by atoms with Gasteiger partial charge >= 0.3 is 5.97 Å². The highest BCUT2D eigenvalue weighted by molar-refractivity contribution is 5.74. The highest BCUT2D eigenvalue weighted by atomic mass is 16.6. The number of ether oxygens (including phenoxy) is 1. The van der Waals surface area contributed by atoms with Crippen LogP contribution in [0.5, 0.6) is 0 Å². The molecule has 15 heavy (non-hydrogen) atoms. The van der Waals surface area contributed by atoms with E-state index in [1.165, 1.54) is 0 Å². The maximum atomic E-state index is 11.1. The zero-order valence-corrected chi connectivity index (χ0v) is 9.33. The molecule has 0 radical (unpaired) electrons. The molecule has 0 heterocycles. The van der Waals surface area contributed by atoms with E-state index in [4.69, 9.17) is 10.5 Å². The van der Waals surface area contributed by atoms with Gasteiger partial charge in [0.25, 0.3) is 0 Å². The van der Waals surface area contributed by atoms with Crippen molar-refractivity contribution in [2.45, 2.75) is 32.8 Å². The van der Waals surface area contributed by atoms with Crippen molar-refractivity contribution in [3.05, 3.63) is 0 Å². The number of hydrogen-bond acceptors (Lipinski definition) is 5. The molecular formula is C9H18N2O4. The molecule has 1 amide bonds. The fourth-order valence-electron chi connectivity index (χ4n) is 0.740. The summed E-state index contributed by atoms with van der Waals surface area (Å²) in [5.74, 6) is -0.891. The van der Waals surface area contributed by atoms with Crippen molar-refractivity contribution in [3.63, 3.8) is 0 Å². The molecule has 0 aromatic rings. The lowest BCUT2D eigenvalue weighted by Crippen LogP contribution is -2.29. The molecule has 0 aliphatic rings. The Balaban J connectivity index is 3.44. The van der Waals surface area contributed by atoms with Crippen molar-refractivity contribution in [1.82, 2.24) is 5.48 Å². The molecule has 0 rings (SSSR count). The van der Waals surface area contributed by atoms with Gasteiger partial charge in [-0.2, -0.15) is 0 Å². The Hall–Kier alpha value is -1.14. The summed E-state index contributed by atoms with van der Waals surface area (Å²) in [5.41, 5.74) is 6.77. The number of carbonyl (C=O) groups is 2. The standard InChI is InChI=1S/C9H18N2O4/c1-9(2,3)15-8(13)4-5-11-14-6-7(10)12/h11H,4-6H2,1-3H3,(H2,10,12). The first kappa shape index (κ1) is 13.9. The van der Waals surface area contributed by atoms with Crippen molar-refractivity contribution in [3.8, 4) is 0 Å². The summed E-state index contributed by atoms with van der Waals surface area (Å²) in [7, 11) is 0. The molecule has 3 N–H and O–H groups in total. The van der Waals surface area contributed by atoms with Gasteiger partial charge in [0.2, 0.25) is 5.91 Å². The first-order valence-corrected chi connectivity index (χ1v) is 4.66. The second-order valence-corrected chi connectivity index (χ2v) is 3.99. The number of esters is 1. The molecular weight excluding hydrogens is 200 g/mol. The third-order valence-corrected chi connectivity index (χ3v) is 1.17. The minimum atomic E-state index is -0.570. The molecule has 0 aliphatic carbocycles. The molecule has 0 fully saturated rings. The smallest absolute Gasteiger partial charge is 0.307 e. The average molecular weight is 218 g/mol. The van der Waals surface area contributed by atoms with E-state index in [1.807, 2.05) is 0 Å². The van der Waals surface area contributed by atoms with Crippen LogP contribution in [0, 0.1) is 0 Å². The molecule has 0 aliphatic heterocycles. The highest BCUT2D eigenvalue weighted by Gasteiger charge is 2.15. The zero-order chi connectivity index (χ0) is 11.9. The van der Waals surface area contributed by atoms with E-state index in [0.717, 1.165) is 0 Å². The van der Waals surface area contributed by atoms with Crippen molar-refractivity contribution in [1.29, 1.82) is 0 Å². The Bertz CT molecular complexity index is 223. The third-order valence-electron chi connectivity index (χ3n) is 1.17. The molecule has 0 saturated carbocycles. The molecule has 0 saturated heterocycles. The van der Waals surface area contributed by atoms with E-state index in [1.54, 1.807) is 20.8 Å². The maximum absolute atomic E-state index is 11.1. The molecule has 0 bridgehead atoms. The highest BCUT2D eigenvalue weighted by Crippen LogP contribution is 2.07. The van der Waals surface area contributed by atoms with Crippen LogP contribution in [-0.2, 0) is 19.2 Å². The van der Waals surface area contributed by atoms with Gasteiger partial charge in [-0.15, -0.1) is 0 Å². The second-order valence-electron chi connectivity index (χ2n) is 3.99. The van der Waals surface area contributed by atoms with Gasteiger partial charge in [0.15, 0.2) is 0 Å². The van der Waals surface area contributed by atoms with Crippen molar-refractivity contribution >= 4 is 11.9 Å². The lowest BCUT2D eigenvalue weighted by molar-refractivity contribution is -0.155. The Labute approximate surface area is 89.1 Å². The molecule has 0 unspecified atom stereocenters. The first-order valence-electron chi connectivity index (χ1n) is 4.66. The van der Waals surface area contributed by atoms with Crippen LogP contribution in [0.25, 0.3) is 0 Å². The number of nitrogens with one attached hydrogen (secondary N) is 1. The number of hydrogen-bond donors (Lipinski definition) is 2. The monoisotopic (exact) mass is 218 g/mol. The Morgan fingerprint density at radius 3 is 2.40 bits per heavy atom. The lowest BCUT2D eigenvalue weighted by Gasteiger charge is -2.19. The van der Waals surface area contributed by atoms with Crippen molar-refractivity contribution < 1.29 is 19.2 Å². The summed E-state index contributed by atoms with van der Waals surface area (Å²) >= 11 is 0. The van der Waals surface area contributed by atoms with Gasteiger partial charge < -0.3 is 10.5 Å². The van der Waals surface area contributed by atoms with E-state index in [-0.39, 0.29) is 25.5 Å². The van der Waals surface area contributed by atoms with Crippen molar-refractivity contribution in [2.75, 3.05) is 13.2 Å². The molecule has 0 atom stereocenters. The van der Waals surface area contributed by atoms with Crippen LogP contribution in [0.3, 0.4) is 0 Å². The van der Waals surface area contributed by atoms with Gasteiger partial charge in [-0.25, -0.2) is 5.48 Å². The van der Waals surface area contributed by atoms with Crippen LogP contribution < -0.4 is 11.2 Å². The quantitative estimate of drug-likeness (QED) is 0.363. The SMILES string of the molecule is CC(C)(C)OC(=O)CCNOCC(N)=O.